The van der Waals surface area contributed by atoms with Gasteiger partial charge in [0.05, 0.1) is 10.8 Å². The number of nitrogens with two attached hydrogens (primary N) is 1. The quantitative estimate of drug-likeness (QED) is 0.721. The Kier molecular flexibility index (Phi) is 4.29. The molecule has 2 atom stereocenters. The van der Waals surface area contributed by atoms with Crippen LogP contribution >= 0.6 is 0 Å². The number of carbonyl (C=O) groups is 2. The Balaban J connectivity index is 2.18. The summed E-state index contributed by atoms with van der Waals surface area (Å²) in [7, 11) is -3.82. The lowest BCUT2D eigenvalue weighted by Gasteiger charge is -2.17. The first-order valence-electron chi connectivity index (χ1n) is 6.46. The van der Waals surface area contributed by atoms with E-state index in [1.807, 2.05) is 0 Å². The molecule has 4 N–H and O–H groups in total. The predicted molar refractivity (Wildman–Crippen MR) is 74.0 cm³/mol. The molecule has 1 amide bonds. The molecule has 1 saturated carbocycles. The van der Waals surface area contributed by atoms with Crippen molar-refractivity contribution in [1.82, 2.24) is 4.72 Å². The number of hydrogen-bond acceptors (Lipinski definition) is 4. The molecule has 0 aliphatic heterocycles. The van der Waals surface area contributed by atoms with Crippen LogP contribution in [-0.4, -0.2) is 31.4 Å². The van der Waals surface area contributed by atoms with Crippen LogP contribution < -0.4 is 10.5 Å². The van der Waals surface area contributed by atoms with E-state index in [9.17, 15) is 18.0 Å². The maximum absolute atomic E-state index is 12.2. The zero-order valence-corrected chi connectivity index (χ0v) is 12.0. The summed E-state index contributed by atoms with van der Waals surface area (Å²) in [6.07, 6.45) is 1.63. The van der Waals surface area contributed by atoms with Crippen molar-refractivity contribution < 1.29 is 23.1 Å². The van der Waals surface area contributed by atoms with E-state index in [1.165, 1.54) is 24.3 Å². The third-order valence-electron chi connectivity index (χ3n) is 3.59. The molecule has 0 spiro atoms. The van der Waals surface area contributed by atoms with E-state index in [1.54, 1.807) is 0 Å². The standard InChI is InChI=1S/C13H16N2O5S/c14-12(16)8-4-6-9(7-5-8)21(19,20)15-11-3-1-2-10(11)13(17)18/h4-7,10-11,15H,1-3H2,(H2,14,16)(H,17,18). The summed E-state index contributed by atoms with van der Waals surface area (Å²) in [4.78, 5) is 22.0. The number of amides is 1. The van der Waals surface area contributed by atoms with Crippen molar-refractivity contribution in [3.8, 4) is 0 Å². The van der Waals surface area contributed by atoms with Crippen molar-refractivity contribution in [2.45, 2.75) is 30.2 Å². The molecular weight excluding hydrogens is 296 g/mol. The minimum Gasteiger partial charge on any atom is -0.481 e. The molecule has 21 heavy (non-hydrogen) atoms. The van der Waals surface area contributed by atoms with Gasteiger partial charge in [-0.3, -0.25) is 9.59 Å². The van der Waals surface area contributed by atoms with Gasteiger partial charge in [0.25, 0.3) is 0 Å². The molecule has 0 aromatic heterocycles. The van der Waals surface area contributed by atoms with Gasteiger partial charge < -0.3 is 10.8 Å². The van der Waals surface area contributed by atoms with Crippen LogP contribution in [0.25, 0.3) is 0 Å². The summed E-state index contributed by atoms with van der Waals surface area (Å²) in [5.74, 6) is -2.34. The lowest BCUT2D eigenvalue weighted by molar-refractivity contribution is -0.141. The number of benzene rings is 1. The fourth-order valence-electron chi connectivity index (χ4n) is 2.46. The molecule has 0 radical (unpaired) electrons. The van der Waals surface area contributed by atoms with Crippen LogP contribution in [0, 0.1) is 5.92 Å². The zero-order chi connectivity index (χ0) is 15.6. The average molecular weight is 312 g/mol. The third kappa shape index (κ3) is 3.40. The summed E-state index contributed by atoms with van der Waals surface area (Å²) in [5.41, 5.74) is 5.29. The molecule has 1 fully saturated rings. The number of rotatable bonds is 5. The highest BCUT2D eigenvalue weighted by Gasteiger charge is 2.35. The molecule has 1 aliphatic carbocycles. The lowest BCUT2D eigenvalue weighted by atomic mass is 10.1. The van der Waals surface area contributed by atoms with Crippen LogP contribution in [0.2, 0.25) is 0 Å². The van der Waals surface area contributed by atoms with Crippen molar-refractivity contribution in [2.24, 2.45) is 11.7 Å². The molecule has 2 rings (SSSR count). The number of nitrogens with one attached hydrogen (secondary N) is 1. The van der Waals surface area contributed by atoms with Crippen LogP contribution in [0.1, 0.15) is 29.6 Å². The predicted octanol–water partition coefficient (Wildman–Crippen LogP) is 0.317. The average Bonchev–Trinajstić information content (AvgIpc) is 2.86. The first-order chi connectivity index (χ1) is 9.81. The van der Waals surface area contributed by atoms with Crippen molar-refractivity contribution in [3.63, 3.8) is 0 Å². The van der Waals surface area contributed by atoms with Crippen molar-refractivity contribution in [1.29, 1.82) is 0 Å². The van der Waals surface area contributed by atoms with Gasteiger partial charge in [0.2, 0.25) is 15.9 Å². The van der Waals surface area contributed by atoms with Gasteiger partial charge in [-0.25, -0.2) is 13.1 Å². The molecule has 0 heterocycles. The van der Waals surface area contributed by atoms with Gasteiger partial charge in [-0.2, -0.15) is 0 Å². The smallest absolute Gasteiger partial charge is 0.308 e. The molecular formula is C13H16N2O5S. The Bertz CT molecular complexity index is 654. The number of primary amides is 1. The Morgan fingerprint density at radius 1 is 1.19 bits per heavy atom. The molecule has 1 aromatic carbocycles. The monoisotopic (exact) mass is 312 g/mol. The second-order valence-corrected chi connectivity index (χ2v) is 6.71. The first-order valence-corrected chi connectivity index (χ1v) is 7.94. The molecule has 7 nitrogen and oxygen atoms in total. The number of sulfonamides is 1. The fraction of sp³-hybridized carbons (Fsp3) is 0.385. The summed E-state index contributed by atoms with van der Waals surface area (Å²) >= 11 is 0. The minimum atomic E-state index is -3.82. The maximum atomic E-state index is 12.2. The zero-order valence-electron chi connectivity index (χ0n) is 11.2. The van der Waals surface area contributed by atoms with E-state index in [0.717, 1.165) is 0 Å². The van der Waals surface area contributed by atoms with Crippen molar-refractivity contribution in [2.75, 3.05) is 0 Å². The second kappa shape index (κ2) is 5.82. The van der Waals surface area contributed by atoms with Crippen LogP contribution in [-0.2, 0) is 14.8 Å². The topological polar surface area (TPSA) is 127 Å². The highest BCUT2D eigenvalue weighted by atomic mass is 32.2. The fourth-order valence-corrected chi connectivity index (χ4v) is 3.77. The Morgan fingerprint density at radius 2 is 1.81 bits per heavy atom. The largest absolute Gasteiger partial charge is 0.481 e. The second-order valence-electron chi connectivity index (χ2n) is 4.99. The van der Waals surface area contributed by atoms with Crippen LogP contribution in [0.4, 0.5) is 0 Å². The summed E-state index contributed by atoms with van der Waals surface area (Å²) < 4.78 is 26.9. The van der Waals surface area contributed by atoms with Crippen molar-refractivity contribution >= 4 is 21.9 Å². The molecule has 114 valence electrons. The van der Waals surface area contributed by atoms with Gasteiger partial charge in [0, 0.05) is 11.6 Å². The minimum absolute atomic E-state index is 0.0245. The van der Waals surface area contributed by atoms with Crippen LogP contribution in [0.15, 0.2) is 29.2 Å². The molecule has 1 aliphatic rings. The van der Waals surface area contributed by atoms with Crippen molar-refractivity contribution in [3.05, 3.63) is 29.8 Å². The van der Waals surface area contributed by atoms with Gasteiger partial charge in [0.15, 0.2) is 0 Å². The van der Waals surface area contributed by atoms with Gasteiger partial charge in [-0.05, 0) is 37.1 Å². The SMILES string of the molecule is NC(=O)c1ccc(S(=O)(=O)NC2CCCC2C(=O)O)cc1. The van der Waals surface area contributed by atoms with E-state index >= 15 is 0 Å². The highest BCUT2D eigenvalue weighted by molar-refractivity contribution is 7.89. The number of carboxylic acid groups (broad SMARTS) is 1. The molecule has 1 aromatic rings. The Morgan fingerprint density at radius 3 is 2.33 bits per heavy atom. The lowest BCUT2D eigenvalue weighted by Crippen LogP contribution is -2.40. The van der Waals surface area contributed by atoms with Crippen LogP contribution in [0.3, 0.4) is 0 Å². The third-order valence-corrected chi connectivity index (χ3v) is 5.09. The van der Waals surface area contributed by atoms with E-state index in [-0.39, 0.29) is 10.5 Å². The molecule has 8 heteroatoms. The van der Waals surface area contributed by atoms with Gasteiger partial charge in [-0.1, -0.05) is 6.42 Å². The maximum Gasteiger partial charge on any atom is 0.308 e. The van der Waals surface area contributed by atoms with Crippen LogP contribution in [0.5, 0.6) is 0 Å². The van der Waals surface area contributed by atoms with Gasteiger partial charge in [-0.15, -0.1) is 0 Å². The van der Waals surface area contributed by atoms with E-state index in [0.29, 0.717) is 19.3 Å². The molecule has 0 bridgehead atoms. The number of carboxylic acids is 1. The van der Waals surface area contributed by atoms with E-state index in [4.69, 9.17) is 10.8 Å². The molecule has 2 unspecified atom stereocenters. The summed E-state index contributed by atoms with van der Waals surface area (Å²) in [6.45, 7) is 0. The van der Waals surface area contributed by atoms with E-state index in [2.05, 4.69) is 4.72 Å². The highest BCUT2D eigenvalue weighted by Crippen LogP contribution is 2.27. The summed E-state index contributed by atoms with van der Waals surface area (Å²) in [6, 6.07) is 4.57. The number of carbonyl (C=O) groups excluding carboxylic acids is 1. The van der Waals surface area contributed by atoms with E-state index < -0.39 is 33.9 Å². The Labute approximate surface area is 122 Å². The van der Waals surface area contributed by atoms with Gasteiger partial charge >= 0.3 is 5.97 Å². The van der Waals surface area contributed by atoms with Gasteiger partial charge in [0.1, 0.15) is 0 Å². The molecule has 0 saturated heterocycles. The number of aliphatic carboxylic acids is 1. The Hall–Kier alpha value is -1.93. The first kappa shape index (κ1) is 15.5. The normalized spacial score (nSPS) is 22.1. The summed E-state index contributed by atoms with van der Waals surface area (Å²) in [5, 5.41) is 9.06. The number of hydrogen-bond donors (Lipinski definition) is 3.